The van der Waals surface area contributed by atoms with Crippen LogP contribution in [0.1, 0.15) is 23.6 Å². The van der Waals surface area contributed by atoms with Crippen LogP contribution in [-0.2, 0) is 5.41 Å². The molecule has 0 heterocycles. The number of rotatable bonds is 6. The summed E-state index contributed by atoms with van der Waals surface area (Å²) >= 11 is 0. The highest BCUT2D eigenvalue weighted by molar-refractivity contribution is 5.55. The highest BCUT2D eigenvalue weighted by atomic mass is 14.3. The Morgan fingerprint density at radius 2 is 0.885 bits per heavy atom. The summed E-state index contributed by atoms with van der Waals surface area (Å²) in [6.45, 7) is 2.02. The highest BCUT2D eigenvalue weighted by Crippen LogP contribution is 2.40. The fourth-order valence-corrected chi connectivity index (χ4v) is 3.33. The lowest BCUT2D eigenvalue weighted by molar-refractivity contribution is 0.778. The first-order valence-electron chi connectivity index (χ1n) is 9.01. The van der Waals surface area contributed by atoms with E-state index in [0.29, 0.717) is 0 Å². The summed E-state index contributed by atoms with van der Waals surface area (Å²) in [4.78, 5) is 0. The van der Waals surface area contributed by atoms with Gasteiger partial charge in [-0.05, 0) is 23.6 Å². The van der Waals surface area contributed by atoms with Gasteiger partial charge in [0.25, 0.3) is 0 Å². The molecule has 0 unspecified atom stereocenters. The van der Waals surface area contributed by atoms with Crippen LogP contribution in [-0.4, -0.2) is 0 Å². The first-order chi connectivity index (χ1) is 12.9. The summed E-state index contributed by atoms with van der Waals surface area (Å²) in [7, 11) is 0. The molecule has 0 nitrogen and oxygen atoms in total. The van der Waals surface area contributed by atoms with Gasteiger partial charge in [0.05, 0.1) is 5.41 Å². The molecule has 3 rings (SSSR count). The van der Waals surface area contributed by atoms with Crippen LogP contribution in [0.5, 0.6) is 0 Å². The van der Waals surface area contributed by atoms with E-state index in [4.69, 9.17) is 0 Å². The molecular formula is C26H24. The molecule has 0 bridgehead atoms. The first kappa shape index (κ1) is 17.7. The van der Waals surface area contributed by atoms with Crippen LogP contribution in [0.25, 0.3) is 0 Å². The zero-order chi connectivity index (χ0) is 18.1. The molecule has 0 saturated carbocycles. The largest absolute Gasteiger partial charge is 0.0877 e. The lowest BCUT2D eigenvalue weighted by atomic mass is 9.69. The van der Waals surface area contributed by atoms with Crippen molar-refractivity contribution < 1.29 is 0 Å². The maximum absolute atomic E-state index is 2.30. The molecule has 0 heteroatoms. The summed E-state index contributed by atoms with van der Waals surface area (Å²) in [6.07, 6.45) is 12.7. The quantitative estimate of drug-likeness (QED) is 0.347. The first-order valence-corrected chi connectivity index (χ1v) is 9.01. The molecule has 0 atom stereocenters. The van der Waals surface area contributed by atoms with Crippen molar-refractivity contribution in [2.75, 3.05) is 0 Å². The second-order valence-corrected chi connectivity index (χ2v) is 6.18. The summed E-state index contributed by atoms with van der Waals surface area (Å²) in [5, 5.41) is 0. The van der Waals surface area contributed by atoms with E-state index in [1.807, 2.05) is 19.1 Å². The normalized spacial score (nSPS) is 12.3. The molecule has 0 fully saturated rings. The van der Waals surface area contributed by atoms with Gasteiger partial charge >= 0.3 is 0 Å². The van der Waals surface area contributed by atoms with Crippen molar-refractivity contribution in [3.63, 3.8) is 0 Å². The molecule has 0 aliphatic heterocycles. The third kappa shape index (κ3) is 3.75. The van der Waals surface area contributed by atoms with Gasteiger partial charge in [0.15, 0.2) is 0 Å². The van der Waals surface area contributed by atoms with Crippen molar-refractivity contribution in [3.8, 4) is 0 Å². The van der Waals surface area contributed by atoms with Crippen molar-refractivity contribution in [1.29, 1.82) is 0 Å². The smallest absolute Gasteiger partial charge is 0.0635 e. The van der Waals surface area contributed by atoms with Crippen LogP contribution in [0.15, 0.2) is 127 Å². The van der Waals surface area contributed by atoms with E-state index < -0.39 is 0 Å². The third-order valence-electron chi connectivity index (χ3n) is 4.56. The van der Waals surface area contributed by atoms with Crippen LogP contribution < -0.4 is 0 Å². The molecule has 0 amide bonds. The van der Waals surface area contributed by atoms with Crippen molar-refractivity contribution in [2.24, 2.45) is 0 Å². The Bertz CT molecular complexity index is 772. The molecule has 0 aromatic heterocycles. The Kier molecular flexibility index (Phi) is 6.01. The van der Waals surface area contributed by atoms with Crippen molar-refractivity contribution in [1.82, 2.24) is 0 Å². The molecule has 0 spiro atoms. The fraction of sp³-hybridized carbons (Fsp3) is 0.0769. The Labute approximate surface area is 156 Å². The number of benzene rings is 3. The second-order valence-electron chi connectivity index (χ2n) is 6.18. The molecular weight excluding hydrogens is 312 g/mol. The van der Waals surface area contributed by atoms with Gasteiger partial charge in [-0.2, -0.15) is 0 Å². The molecule has 0 aliphatic carbocycles. The Hall–Kier alpha value is -3.12. The van der Waals surface area contributed by atoms with E-state index in [1.54, 1.807) is 0 Å². The standard InChI is InChI=1S/C26H24/c1-2-3-4-5-15-22-26(23-16-9-6-10-17-23,24-18-11-7-12-19-24)25-20-13-8-14-21-25/h2-22H,1H3/b3-2-,5-4-,22-15+. The maximum Gasteiger partial charge on any atom is 0.0635 e. The van der Waals surface area contributed by atoms with Crippen LogP contribution in [0, 0.1) is 0 Å². The summed E-state index contributed by atoms with van der Waals surface area (Å²) in [5.41, 5.74) is 3.44. The molecule has 0 saturated heterocycles. The highest BCUT2D eigenvalue weighted by Gasteiger charge is 2.33. The predicted octanol–water partition coefficient (Wildman–Crippen LogP) is 6.71. The number of hydrogen-bond acceptors (Lipinski definition) is 0. The Morgan fingerprint density at radius 1 is 0.500 bits per heavy atom. The van der Waals surface area contributed by atoms with E-state index in [2.05, 4.69) is 115 Å². The van der Waals surface area contributed by atoms with Crippen molar-refractivity contribution >= 4 is 0 Å². The molecule has 128 valence electrons. The van der Waals surface area contributed by atoms with E-state index in [0.717, 1.165) is 0 Å². The minimum absolute atomic E-state index is 0.329. The molecule has 3 aromatic rings. The number of hydrogen-bond donors (Lipinski definition) is 0. The summed E-state index contributed by atoms with van der Waals surface area (Å²) in [5.74, 6) is 0. The van der Waals surface area contributed by atoms with Crippen LogP contribution in [0.2, 0.25) is 0 Å². The van der Waals surface area contributed by atoms with Gasteiger partial charge in [-0.1, -0.05) is 127 Å². The monoisotopic (exact) mass is 336 g/mol. The van der Waals surface area contributed by atoms with E-state index >= 15 is 0 Å². The minimum Gasteiger partial charge on any atom is -0.0877 e. The zero-order valence-electron chi connectivity index (χ0n) is 15.1. The summed E-state index contributed by atoms with van der Waals surface area (Å²) < 4.78 is 0. The molecule has 0 aliphatic rings. The SMILES string of the molecule is C\C=C/C=C\C=C\C(c1ccccc1)(c1ccccc1)c1ccccc1. The fourth-order valence-electron chi connectivity index (χ4n) is 3.33. The van der Waals surface area contributed by atoms with Crippen molar-refractivity contribution in [2.45, 2.75) is 12.3 Å². The molecule has 26 heavy (non-hydrogen) atoms. The van der Waals surface area contributed by atoms with Crippen LogP contribution in [0.3, 0.4) is 0 Å². The average molecular weight is 336 g/mol. The minimum atomic E-state index is -0.329. The zero-order valence-corrected chi connectivity index (χ0v) is 15.1. The Balaban J connectivity index is 2.24. The summed E-state index contributed by atoms with van der Waals surface area (Å²) in [6, 6.07) is 32.1. The topological polar surface area (TPSA) is 0 Å². The van der Waals surface area contributed by atoms with Crippen LogP contribution in [0.4, 0.5) is 0 Å². The lowest BCUT2D eigenvalue weighted by Gasteiger charge is -2.33. The number of allylic oxidation sites excluding steroid dienone is 6. The van der Waals surface area contributed by atoms with E-state index in [-0.39, 0.29) is 5.41 Å². The van der Waals surface area contributed by atoms with Gasteiger partial charge < -0.3 is 0 Å². The predicted molar refractivity (Wildman–Crippen MR) is 112 cm³/mol. The third-order valence-corrected chi connectivity index (χ3v) is 4.56. The molecule has 3 aromatic carbocycles. The van der Waals surface area contributed by atoms with Gasteiger partial charge in [-0.3, -0.25) is 0 Å². The second kappa shape index (κ2) is 8.82. The Morgan fingerprint density at radius 3 is 1.27 bits per heavy atom. The maximum atomic E-state index is 2.30. The van der Waals surface area contributed by atoms with Crippen molar-refractivity contribution in [3.05, 3.63) is 144 Å². The molecule has 0 N–H and O–H groups in total. The van der Waals surface area contributed by atoms with E-state index in [1.165, 1.54) is 16.7 Å². The average Bonchev–Trinajstić information content (AvgIpc) is 2.73. The van der Waals surface area contributed by atoms with Gasteiger partial charge in [-0.25, -0.2) is 0 Å². The van der Waals surface area contributed by atoms with Gasteiger partial charge in [-0.15, -0.1) is 0 Å². The van der Waals surface area contributed by atoms with Gasteiger partial charge in [0.2, 0.25) is 0 Å². The van der Waals surface area contributed by atoms with E-state index in [9.17, 15) is 0 Å². The van der Waals surface area contributed by atoms with Gasteiger partial charge in [0, 0.05) is 0 Å². The molecule has 0 radical (unpaired) electrons. The van der Waals surface area contributed by atoms with Crippen LogP contribution >= 0.6 is 0 Å². The van der Waals surface area contributed by atoms with Gasteiger partial charge in [0.1, 0.15) is 0 Å². The lowest BCUT2D eigenvalue weighted by Crippen LogP contribution is -2.26.